The fourth-order valence-corrected chi connectivity index (χ4v) is 0.321. The van der Waals surface area contributed by atoms with Gasteiger partial charge in [0.2, 0.25) is 0 Å². The average Bonchev–Trinajstić information content (AvgIpc) is 1.81. The van der Waals surface area contributed by atoms with Crippen molar-refractivity contribution >= 4 is 9.47 Å². The highest BCUT2D eigenvalue weighted by Gasteiger charge is 1.81. The van der Waals surface area contributed by atoms with Crippen molar-refractivity contribution in [3.05, 3.63) is 0 Å². The Kier molecular flexibility index (Phi) is 6.70. The van der Waals surface area contributed by atoms with E-state index in [0.717, 1.165) is 0 Å². The molecule has 0 aliphatic carbocycles. The van der Waals surface area contributed by atoms with E-state index in [2.05, 4.69) is 14.0 Å². The summed E-state index contributed by atoms with van der Waals surface area (Å²) in [6.45, 7) is 0.692. The first-order chi connectivity index (χ1) is 3.91. The molecule has 0 aromatic carbocycles. The lowest BCUT2D eigenvalue weighted by atomic mass is 10.5. The molecule has 0 aromatic rings. The first-order valence-electron chi connectivity index (χ1n) is 2.18. The van der Waals surface area contributed by atoms with Crippen LogP contribution in [0, 0.1) is 11.3 Å². The van der Waals surface area contributed by atoms with Crippen LogP contribution in [0.15, 0.2) is 0 Å². The van der Waals surface area contributed by atoms with Crippen molar-refractivity contribution in [2.75, 3.05) is 13.4 Å². The molecule has 0 rings (SSSR count). The summed E-state index contributed by atoms with van der Waals surface area (Å²) in [5.41, 5.74) is 0. The number of hydrogen-bond donors (Lipinski definition) is 0. The minimum Gasteiger partial charge on any atom is -0.354 e. The van der Waals surface area contributed by atoms with E-state index in [4.69, 9.17) is 10.00 Å². The lowest BCUT2D eigenvalue weighted by Crippen LogP contribution is -1.94. The van der Waals surface area contributed by atoms with Crippen LogP contribution in [-0.4, -0.2) is 13.4 Å². The van der Waals surface area contributed by atoms with Gasteiger partial charge in [0, 0.05) is 9.47 Å². The molecule has 0 N–H and O–H groups in total. The van der Waals surface area contributed by atoms with Crippen LogP contribution in [0.1, 0.15) is 6.42 Å². The van der Waals surface area contributed by atoms with Crippen molar-refractivity contribution < 1.29 is 9.26 Å². The summed E-state index contributed by atoms with van der Waals surface area (Å²) < 4.78 is 9.23. The van der Waals surface area contributed by atoms with Crippen LogP contribution in [-0.2, 0) is 9.26 Å². The standard InChI is InChI=1S/C4H8NO2P/c5-2-1-3-6-4-7-8/h1,3-4,8H2. The van der Waals surface area contributed by atoms with Gasteiger partial charge in [-0.15, -0.1) is 0 Å². The van der Waals surface area contributed by atoms with E-state index in [0.29, 0.717) is 13.0 Å². The summed E-state index contributed by atoms with van der Waals surface area (Å²) in [5.74, 6) is 0. The first kappa shape index (κ1) is 7.84. The van der Waals surface area contributed by atoms with E-state index in [1.807, 2.05) is 6.07 Å². The molecular weight excluding hydrogens is 125 g/mol. The van der Waals surface area contributed by atoms with Gasteiger partial charge in [0.05, 0.1) is 19.1 Å². The molecule has 0 bridgehead atoms. The van der Waals surface area contributed by atoms with Gasteiger partial charge in [-0.2, -0.15) is 5.26 Å². The van der Waals surface area contributed by atoms with Crippen molar-refractivity contribution in [2.24, 2.45) is 0 Å². The smallest absolute Gasteiger partial charge is 0.149 e. The highest BCUT2D eigenvalue weighted by atomic mass is 31.0. The lowest BCUT2D eigenvalue weighted by Gasteiger charge is -1.95. The molecule has 8 heavy (non-hydrogen) atoms. The maximum absolute atomic E-state index is 7.99. The molecule has 3 nitrogen and oxygen atoms in total. The predicted octanol–water partition coefficient (Wildman–Crippen LogP) is 0.681. The zero-order valence-corrected chi connectivity index (χ0v) is 5.62. The zero-order valence-electron chi connectivity index (χ0n) is 4.46. The van der Waals surface area contributed by atoms with Crippen LogP contribution < -0.4 is 0 Å². The summed E-state index contributed by atoms with van der Waals surface area (Å²) >= 11 is 0. The molecule has 0 radical (unpaired) electrons. The van der Waals surface area contributed by atoms with Gasteiger partial charge < -0.3 is 9.26 Å². The van der Waals surface area contributed by atoms with Gasteiger partial charge in [-0.05, 0) is 0 Å². The number of rotatable bonds is 4. The molecule has 4 heteroatoms. The van der Waals surface area contributed by atoms with E-state index >= 15 is 0 Å². The molecule has 1 atom stereocenters. The van der Waals surface area contributed by atoms with Crippen LogP contribution >= 0.6 is 9.47 Å². The first-order valence-corrected chi connectivity index (χ1v) is 2.65. The van der Waals surface area contributed by atoms with Gasteiger partial charge in [0.15, 0.2) is 0 Å². The quantitative estimate of drug-likeness (QED) is 0.321. The average molecular weight is 133 g/mol. The summed E-state index contributed by atoms with van der Waals surface area (Å²) in [6, 6.07) is 1.94. The molecule has 1 unspecified atom stereocenters. The van der Waals surface area contributed by atoms with Crippen LogP contribution in [0.5, 0.6) is 0 Å². The summed E-state index contributed by atoms with van der Waals surface area (Å²) in [5, 5.41) is 7.99. The van der Waals surface area contributed by atoms with Crippen LogP contribution in [0.3, 0.4) is 0 Å². The third-order valence-electron chi connectivity index (χ3n) is 0.510. The summed E-state index contributed by atoms with van der Waals surface area (Å²) in [6.07, 6.45) is 0.425. The van der Waals surface area contributed by atoms with Crippen molar-refractivity contribution in [3.63, 3.8) is 0 Å². The third kappa shape index (κ3) is 5.84. The fraction of sp³-hybridized carbons (Fsp3) is 0.750. The van der Waals surface area contributed by atoms with Crippen molar-refractivity contribution in [3.8, 4) is 6.07 Å². The van der Waals surface area contributed by atoms with Crippen LogP contribution in [0.4, 0.5) is 0 Å². The normalized spacial score (nSPS) is 8.50. The van der Waals surface area contributed by atoms with E-state index in [-0.39, 0.29) is 6.79 Å². The fourth-order valence-electron chi connectivity index (χ4n) is 0.225. The van der Waals surface area contributed by atoms with E-state index in [9.17, 15) is 0 Å². The monoisotopic (exact) mass is 133 g/mol. The van der Waals surface area contributed by atoms with Gasteiger partial charge in [0.25, 0.3) is 0 Å². The molecule has 0 fully saturated rings. The summed E-state index contributed by atoms with van der Waals surface area (Å²) in [7, 11) is 2.06. The number of ether oxygens (including phenoxy) is 1. The zero-order chi connectivity index (χ0) is 6.24. The van der Waals surface area contributed by atoms with E-state index in [1.165, 1.54) is 0 Å². The lowest BCUT2D eigenvalue weighted by molar-refractivity contribution is 0.0300. The van der Waals surface area contributed by atoms with Crippen LogP contribution in [0.25, 0.3) is 0 Å². The Balaban J connectivity index is 2.65. The van der Waals surface area contributed by atoms with Crippen molar-refractivity contribution in [1.82, 2.24) is 0 Å². The Hall–Kier alpha value is -0.160. The number of hydrogen-bond acceptors (Lipinski definition) is 3. The molecule has 0 aromatic heterocycles. The Bertz CT molecular complexity index is 80.6. The SMILES string of the molecule is N#CCCOCOP. The molecule has 0 aliphatic rings. The molecule has 0 saturated heterocycles. The minimum atomic E-state index is 0.242. The highest BCUT2D eigenvalue weighted by Crippen LogP contribution is 1.85. The van der Waals surface area contributed by atoms with Crippen LogP contribution in [0.2, 0.25) is 0 Å². The van der Waals surface area contributed by atoms with Gasteiger partial charge in [0.1, 0.15) is 6.79 Å². The number of nitrogens with zero attached hydrogens (tertiary/aromatic N) is 1. The molecule has 0 amide bonds. The molecule has 0 heterocycles. The Morgan fingerprint density at radius 1 is 1.62 bits per heavy atom. The molecule has 0 saturated carbocycles. The molecule has 46 valence electrons. The van der Waals surface area contributed by atoms with Gasteiger partial charge in [-0.3, -0.25) is 0 Å². The maximum Gasteiger partial charge on any atom is 0.149 e. The Morgan fingerprint density at radius 2 is 2.38 bits per heavy atom. The predicted molar refractivity (Wildman–Crippen MR) is 31.8 cm³/mol. The van der Waals surface area contributed by atoms with Gasteiger partial charge >= 0.3 is 0 Å². The molecule has 0 spiro atoms. The third-order valence-corrected chi connectivity index (χ3v) is 0.646. The Morgan fingerprint density at radius 3 is 2.88 bits per heavy atom. The summed E-state index contributed by atoms with van der Waals surface area (Å²) in [4.78, 5) is 0. The second-order valence-electron chi connectivity index (χ2n) is 1.10. The minimum absolute atomic E-state index is 0.242. The largest absolute Gasteiger partial charge is 0.354 e. The van der Waals surface area contributed by atoms with Crippen molar-refractivity contribution in [2.45, 2.75) is 6.42 Å². The van der Waals surface area contributed by atoms with Gasteiger partial charge in [-0.25, -0.2) is 0 Å². The molecular formula is C4H8NO2P. The van der Waals surface area contributed by atoms with E-state index < -0.39 is 0 Å². The number of nitriles is 1. The molecule has 0 aliphatic heterocycles. The highest BCUT2D eigenvalue weighted by molar-refractivity contribution is 7.09. The second kappa shape index (κ2) is 6.84. The van der Waals surface area contributed by atoms with Crippen molar-refractivity contribution in [1.29, 1.82) is 5.26 Å². The van der Waals surface area contributed by atoms with Gasteiger partial charge in [-0.1, -0.05) is 0 Å². The maximum atomic E-state index is 7.99. The Labute approximate surface area is 50.9 Å². The second-order valence-corrected chi connectivity index (χ2v) is 1.43. The van der Waals surface area contributed by atoms with E-state index in [1.54, 1.807) is 0 Å². The topological polar surface area (TPSA) is 42.2 Å².